The maximum absolute atomic E-state index is 12.2. The predicted molar refractivity (Wildman–Crippen MR) is 126 cm³/mol. The fourth-order valence-corrected chi connectivity index (χ4v) is 3.00. The number of amides is 1. The molecule has 2 aromatic rings. The summed E-state index contributed by atoms with van der Waals surface area (Å²) in [6.45, 7) is 5.89. The summed E-state index contributed by atoms with van der Waals surface area (Å²) in [5.74, 6) is 1.33. The molecule has 0 spiro atoms. The molecular weight excluding hydrogens is 416 g/mol. The van der Waals surface area contributed by atoms with E-state index < -0.39 is 0 Å². The van der Waals surface area contributed by atoms with Crippen molar-refractivity contribution in [3.8, 4) is 5.75 Å². The van der Waals surface area contributed by atoms with E-state index in [2.05, 4.69) is 20.9 Å². The van der Waals surface area contributed by atoms with Crippen molar-refractivity contribution >= 4 is 29.2 Å². The van der Waals surface area contributed by atoms with Crippen molar-refractivity contribution in [1.29, 1.82) is 0 Å². The summed E-state index contributed by atoms with van der Waals surface area (Å²) in [5, 5.41) is 9.93. The van der Waals surface area contributed by atoms with E-state index in [0.717, 1.165) is 28.1 Å². The minimum Gasteiger partial charge on any atom is -0.491 e. The first-order valence-electron chi connectivity index (χ1n) is 10.1. The highest BCUT2D eigenvalue weighted by molar-refractivity contribution is 6.31. The maximum Gasteiger partial charge on any atom is 0.226 e. The van der Waals surface area contributed by atoms with Crippen molar-refractivity contribution < 1.29 is 14.3 Å². The van der Waals surface area contributed by atoms with Crippen LogP contribution in [0, 0.1) is 13.8 Å². The summed E-state index contributed by atoms with van der Waals surface area (Å²) in [7, 11) is 3.34. The lowest BCUT2D eigenvalue weighted by Crippen LogP contribution is -2.38. The third kappa shape index (κ3) is 8.11. The zero-order valence-corrected chi connectivity index (χ0v) is 19.3. The number of methoxy groups -OCH3 is 1. The topological polar surface area (TPSA) is 84.0 Å². The molecule has 3 N–H and O–H groups in total. The first kappa shape index (κ1) is 24.5. The molecular formula is C23H31ClN4O3. The van der Waals surface area contributed by atoms with E-state index in [-0.39, 0.29) is 5.91 Å². The monoisotopic (exact) mass is 446 g/mol. The maximum atomic E-state index is 12.2. The van der Waals surface area contributed by atoms with Gasteiger partial charge in [0, 0.05) is 49.9 Å². The van der Waals surface area contributed by atoms with Crippen molar-refractivity contribution in [1.82, 2.24) is 10.6 Å². The Morgan fingerprint density at radius 2 is 1.94 bits per heavy atom. The molecule has 0 radical (unpaired) electrons. The Morgan fingerprint density at radius 3 is 2.68 bits per heavy atom. The molecule has 0 aromatic heterocycles. The number of nitrogens with one attached hydrogen (secondary N) is 3. The van der Waals surface area contributed by atoms with Gasteiger partial charge in [0.05, 0.1) is 6.61 Å². The third-order valence-electron chi connectivity index (χ3n) is 4.62. The molecule has 1 amide bonds. The first-order valence-corrected chi connectivity index (χ1v) is 10.5. The van der Waals surface area contributed by atoms with Gasteiger partial charge in [0.2, 0.25) is 5.91 Å². The van der Waals surface area contributed by atoms with Gasteiger partial charge in [-0.3, -0.25) is 9.79 Å². The lowest BCUT2D eigenvalue weighted by molar-refractivity contribution is -0.116. The fraction of sp³-hybridized carbons (Fsp3) is 0.391. The number of guanidine groups is 1. The van der Waals surface area contributed by atoms with Crippen LogP contribution in [0.5, 0.6) is 5.75 Å². The van der Waals surface area contributed by atoms with Crippen molar-refractivity contribution in [3.63, 3.8) is 0 Å². The van der Waals surface area contributed by atoms with E-state index in [1.165, 1.54) is 0 Å². The number of ether oxygens (including phenoxy) is 2. The van der Waals surface area contributed by atoms with E-state index in [0.29, 0.717) is 43.7 Å². The number of benzene rings is 2. The number of hydrogen-bond acceptors (Lipinski definition) is 4. The number of halogens is 1. The first-order chi connectivity index (χ1) is 14.9. The number of carbonyl (C=O) groups excluding carboxylic acids is 1. The van der Waals surface area contributed by atoms with Crippen LogP contribution in [-0.4, -0.2) is 45.8 Å². The van der Waals surface area contributed by atoms with Crippen LogP contribution in [0.15, 0.2) is 41.4 Å². The molecule has 0 heterocycles. The van der Waals surface area contributed by atoms with Crippen LogP contribution < -0.4 is 20.7 Å². The quantitative estimate of drug-likeness (QED) is 0.294. The van der Waals surface area contributed by atoms with Crippen LogP contribution in [0.4, 0.5) is 5.69 Å². The minimum absolute atomic E-state index is 0.0966. The van der Waals surface area contributed by atoms with Crippen molar-refractivity contribution in [2.45, 2.75) is 26.8 Å². The molecule has 0 aliphatic rings. The van der Waals surface area contributed by atoms with Crippen molar-refractivity contribution in [2.24, 2.45) is 4.99 Å². The SMILES string of the molecule is CN=C(NCCC(=O)Nc1cccc(Cl)c1C)NCc1ccc(C)cc1OCCOC. The Hall–Kier alpha value is -2.77. The second-order valence-corrected chi connectivity index (χ2v) is 7.42. The summed E-state index contributed by atoms with van der Waals surface area (Å²) >= 11 is 6.10. The van der Waals surface area contributed by atoms with Crippen LogP contribution in [0.1, 0.15) is 23.1 Å². The van der Waals surface area contributed by atoms with Gasteiger partial charge in [-0.05, 0) is 43.2 Å². The van der Waals surface area contributed by atoms with Crippen LogP contribution in [0.2, 0.25) is 5.02 Å². The molecule has 8 heteroatoms. The zero-order valence-electron chi connectivity index (χ0n) is 18.5. The van der Waals surface area contributed by atoms with Crippen LogP contribution >= 0.6 is 11.6 Å². The number of aryl methyl sites for hydroxylation is 1. The summed E-state index contributed by atoms with van der Waals surface area (Å²) in [4.78, 5) is 16.5. The van der Waals surface area contributed by atoms with E-state index in [9.17, 15) is 4.79 Å². The van der Waals surface area contributed by atoms with Gasteiger partial charge in [0.25, 0.3) is 0 Å². The van der Waals surface area contributed by atoms with Gasteiger partial charge < -0.3 is 25.4 Å². The molecule has 0 aliphatic carbocycles. The fourth-order valence-electron chi connectivity index (χ4n) is 2.83. The van der Waals surface area contributed by atoms with Gasteiger partial charge in [-0.2, -0.15) is 0 Å². The molecule has 2 rings (SSSR count). The molecule has 2 aromatic carbocycles. The second kappa shape index (κ2) is 12.8. The zero-order chi connectivity index (χ0) is 22.6. The Bertz CT molecular complexity index is 902. The molecule has 168 valence electrons. The highest BCUT2D eigenvalue weighted by atomic mass is 35.5. The Labute approximate surface area is 189 Å². The highest BCUT2D eigenvalue weighted by Crippen LogP contribution is 2.23. The van der Waals surface area contributed by atoms with E-state index in [1.54, 1.807) is 20.2 Å². The number of anilines is 1. The van der Waals surface area contributed by atoms with E-state index >= 15 is 0 Å². The summed E-state index contributed by atoms with van der Waals surface area (Å²) in [6, 6.07) is 11.5. The molecule has 0 atom stereocenters. The van der Waals surface area contributed by atoms with E-state index in [1.807, 2.05) is 44.2 Å². The lowest BCUT2D eigenvalue weighted by Gasteiger charge is -2.15. The predicted octanol–water partition coefficient (Wildman–Crippen LogP) is 3.68. The molecule has 0 aliphatic heterocycles. The third-order valence-corrected chi connectivity index (χ3v) is 5.03. The lowest BCUT2D eigenvalue weighted by atomic mass is 10.1. The van der Waals surface area contributed by atoms with Crippen LogP contribution in [0.25, 0.3) is 0 Å². The number of nitrogens with zero attached hydrogens (tertiary/aromatic N) is 1. The Kier molecular flexibility index (Phi) is 10.1. The molecule has 0 saturated carbocycles. The standard InChI is InChI=1S/C23H31ClN4O3/c1-16-8-9-18(21(14-16)31-13-12-30-4)15-27-23(25-3)26-11-10-22(29)28-20-7-5-6-19(24)17(20)2/h5-9,14H,10-13,15H2,1-4H3,(H,28,29)(H2,25,26,27). The number of hydrogen-bond donors (Lipinski definition) is 3. The van der Waals surface area contributed by atoms with Gasteiger partial charge in [-0.15, -0.1) is 0 Å². The number of aliphatic imine (C=N–C) groups is 1. The average molecular weight is 447 g/mol. The molecule has 31 heavy (non-hydrogen) atoms. The van der Waals surface area contributed by atoms with Crippen LogP contribution in [-0.2, 0) is 16.1 Å². The van der Waals surface area contributed by atoms with Gasteiger partial charge >= 0.3 is 0 Å². The number of carbonyl (C=O) groups is 1. The smallest absolute Gasteiger partial charge is 0.226 e. The highest BCUT2D eigenvalue weighted by Gasteiger charge is 2.09. The average Bonchev–Trinajstić information content (AvgIpc) is 2.75. The normalized spacial score (nSPS) is 11.2. The molecule has 0 unspecified atom stereocenters. The van der Waals surface area contributed by atoms with Gasteiger partial charge in [-0.25, -0.2) is 0 Å². The van der Waals surface area contributed by atoms with Gasteiger partial charge in [0.15, 0.2) is 5.96 Å². The molecule has 0 bridgehead atoms. The van der Waals surface area contributed by atoms with Crippen molar-refractivity contribution in [2.75, 3.05) is 39.2 Å². The van der Waals surface area contributed by atoms with Crippen LogP contribution in [0.3, 0.4) is 0 Å². The Balaban J connectivity index is 1.82. The van der Waals surface area contributed by atoms with Gasteiger partial charge in [0.1, 0.15) is 12.4 Å². The summed E-state index contributed by atoms with van der Waals surface area (Å²) in [5.41, 5.74) is 3.71. The summed E-state index contributed by atoms with van der Waals surface area (Å²) in [6.07, 6.45) is 0.294. The number of rotatable bonds is 10. The van der Waals surface area contributed by atoms with Crippen molar-refractivity contribution in [3.05, 3.63) is 58.1 Å². The second-order valence-electron chi connectivity index (χ2n) is 7.02. The molecule has 7 nitrogen and oxygen atoms in total. The summed E-state index contributed by atoms with van der Waals surface area (Å²) < 4.78 is 10.9. The largest absolute Gasteiger partial charge is 0.491 e. The molecule has 0 saturated heterocycles. The molecule has 0 fully saturated rings. The van der Waals surface area contributed by atoms with E-state index in [4.69, 9.17) is 21.1 Å². The Morgan fingerprint density at radius 1 is 1.13 bits per heavy atom. The van der Waals surface area contributed by atoms with Gasteiger partial charge in [-0.1, -0.05) is 29.8 Å². The minimum atomic E-state index is -0.0966.